The highest BCUT2D eigenvalue weighted by atomic mass is 35.6. The normalized spacial score (nSPS) is 14.8. The van der Waals surface area contributed by atoms with Gasteiger partial charge in [0.2, 0.25) is 0 Å². The minimum absolute atomic E-state index is 0.106. The van der Waals surface area contributed by atoms with Crippen LogP contribution in [0.15, 0.2) is 0 Å². The first kappa shape index (κ1) is 13.4. The molecule has 0 aliphatic heterocycles. The minimum Gasteiger partial charge on any atom is -0.127 e. The molecule has 0 aliphatic carbocycles. The van der Waals surface area contributed by atoms with Crippen LogP contribution in [0.25, 0.3) is 0 Å². The van der Waals surface area contributed by atoms with Gasteiger partial charge in [-0.2, -0.15) is 0 Å². The topological polar surface area (TPSA) is 0 Å². The van der Waals surface area contributed by atoms with Gasteiger partial charge in [-0.25, -0.2) is 0 Å². The van der Waals surface area contributed by atoms with Crippen molar-refractivity contribution in [2.24, 2.45) is 0 Å². The Bertz CT molecular complexity index is 109. The molecule has 0 aromatic rings. The number of hydrogen-bond donors (Lipinski definition) is 0. The molecule has 0 nitrogen and oxygen atoms in total. The number of hydrogen-bond acceptors (Lipinski definition) is 0. The Labute approximate surface area is 98.4 Å². The zero-order chi connectivity index (χ0) is 9.61. The maximum atomic E-state index is 5.90. The third-order valence-electron chi connectivity index (χ3n) is 1.40. The summed E-state index contributed by atoms with van der Waals surface area (Å²) in [4.78, 5) is 0. The second-order valence-electron chi connectivity index (χ2n) is 2.58. The summed E-state index contributed by atoms with van der Waals surface area (Å²) < 4.78 is -1.14. The molecule has 74 valence electrons. The molecule has 0 saturated carbocycles. The molecule has 5 heteroatoms. The summed E-state index contributed by atoms with van der Waals surface area (Å²) in [5.74, 6) is 0.585. The van der Waals surface area contributed by atoms with E-state index in [1.807, 2.05) is 0 Å². The summed E-state index contributed by atoms with van der Waals surface area (Å²) in [7, 11) is 0. The molecule has 1 atom stereocenters. The molecule has 0 radical (unpaired) electrons. The van der Waals surface area contributed by atoms with Crippen LogP contribution in [0.5, 0.6) is 0 Å². The second kappa shape index (κ2) is 6.84. The molecule has 0 N–H and O–H groups in total. The van der Waals surface area contributed by atoms with Crippen LogP contribution in [-0.4, -0.2) is 15.0 Å². The van der Waals surface area contributed by atoms with Crippen molar-refractivity contribution in [2.45, 2.75) is 34.9 Å². The summed E-state index contributed by atoms with van der Waals surface area (Å²) >= 11 is 28.1. The minimum atomic E-state index is -1.14. The van der Waals surface area contributed by atoms with E-state index in [4.69, 9.17) is 58.0 Å². The van der Waals surface area contributed by atoms with Crippen LogP contribution in [0, 0.1) is 0 Å². The molecular weight excluding hydrogens is 261 g/mol. The number of alkyl halides is 5. The summed E-state index contributed by atoms with van der Waals surface area (Å²) in [6.07, 6.45) is 3.02. The monoisotopic (exact) mass is 270 g/mol. The average molecular weight is 272 g/mol. The molecule has 0 aromatic heterocycles. The zero-order valence-corrected chi connectivity index (χ0v) is 10.3. The first-order valence-electron chi connectivity index (χ1n) is 3.72. The van der Waals surface area contributed by atoms with Crippen LogP contribution in [0.3, 0.4) is 0 Å². The van der Waals surface area contributed by atoms with E-state index in [0.717, 1.165) is 19.3 Å². The average Bonchev–Trinajstić information content (AvgIpc) is 1.84. The lowest BCUT2D eigenvalue weighted by atomic mass is 10.1. The highest BCUT2D eigenvalue weighted by Crippen LogP contribution is 2.32. The summed E-state index contributed by atoms with van der Waals surface area (Å²) in [6, 6.07) is 0. The summed E-state index contributed by atoms with van der Waals surface area (Å²) in [5.41, 5.74) is 0. The van der Waals surface area contributed by atoms with E-state index in [2.05, 4.69) is 0 Å². The van der Waals surface area contributed by atoms with Gasteiger partial charge in [0.1, 0.15) is 0 Å². The molecule has 0 bridgehead atoms. The van der Waals surface area contributed by atoms with Gasteiger partial charge < -0.3 is 0 Å². The highest BCUT2D eigenvalue weighted by molar-refractivity contribution is 6.67. The largest absolute Gasteiger partial charge is 0.190 e. The lowest BCUT2D eigenvalue weighted by Crippen LogP contribution is -2.05. The maximum absolute atomic E-state index is 5.90. The van der Waals surface area contributed by atoms with Crippen molar-refractivity contribution in [2.75, 3.05) is 5.88 Å². The van der Waals surface area contributed by atoms with E-state index in [0.29, 0.717) is 12.3 Å². The lowest BCUT2D eigenvalue weighted by molar-refractivity contribution is 0.647. The van der Waals surface area contributed by atoms with Crippen molar-refractivity contribution in [3.63, 3.8) is 0 Å². The van der Waals surface area contributed by atoms with Crippen molar-refractivity contribution in [3.05, 3.63) is 0 Å². The summed E-state index contributed by atoms with van der Waals surface area (Å²) in [5, 5.41) is 0.106. The Kier molecular flexibility index (Phi) is 7.66. The van der Waals surface area contributed by atoms with Gasteiger partial charge in [-0.05, 0) is 25.7 Å². The zero-order valence-electron chi connectivity index (χ0n) is 6.50. The highest BCUT2D eigenvalue weighted by Gasteiger charge is 2.19. The fourth-order valence-corrected chi connectivity index (χ4v) is 1.83. The predicted molar refractivity (Wildman–Crippen MR) is 59.1 cm³/mol. The Balaban J connectivity index is 3.31. The fraction of sp³-hybridized carbons (Fsp3) is 1.00. The number of halogens is 5. The van der Waals surface area contributed by atoms with Crippen molar-refractivity contribution >= 4 is 58.0 Å². The van der Waals surface area contributed by atoms with Crippen molar-refractivity contribution in [3.8, 4) is 0 Å². The molecule has 1 unspecified atom stereocenters. The third-order valence-corrected chi connectivity index (χ3v) is 2.62. The van der Waals surface area contributed by atoms with Crippen LogP contribution in [0.2, 0.25) is 0 Å². The summed E-state index contributed by atoms with van der Waals surface area (Å²) in [6.45, 7) is 0. The van der Waals surface area contributed by atoms with Gasteiger partial charge in [0.05, 0.1) is 0 Å². The SMILES string of the molecule is ClCCC(Cl)CCCC(Cl)(Cl)Cl. The first-order chi connectivity index (χ1) is 5.45. The molecule has 0 fully saturated rings. The molecule has 0 rings (SSSR count). The van der Waals surface area contributed by atoms with Crippen molar-refractivity contribution in [1.29, 1.82) is 0 Å². The second-order valence-corrected chi connectivity index (χ2v) is 6.09. The molecule has 12 heavy (non-hydrogen) atoms. The van der Waals surface area contributed by atoms with Gasteiger partial charge in [-0.3, -0.25) is 0 Å². The fourth-order valence-electron chi connectivity index (χ4n) is 0.787. The molecule has 0 aliphatic rings. The Morgan fingerprint density at radius 1 is 1.08 bits per heavy atom. The van der Waals surface area contributed by atoms with E-state index in [9.17, 15) is 0 Å². The van der Waals surface area contributed by atoms with Gasteiger partial charge >= 0.3 is 0 Å². The van der Waals surface area contributed by atoms with Crippen LogP contribution in [0.1, 0.15) is 25.7 Å². The van der Waals surface area contributed by atoms with Gasteiger partial charge in [0, 0.05) is 11.3 Å². The molecule has 0 spiro atoms. The Morgan fingerprint density at radius 3 is 2.08 bits per heavy atom. The van der Waals surface area contributed by atoms with Crippen LogP contribution < -0.4 is 0 Å². The van der Waals surface area contributed by atoms with E-state index < -0.39 is 3.79 Å². The Morgan fingerprint density at radius 2 is 1.67 bits per heavy atom. The number of rotatable bonds is 5. The molecule has 0 amide bonds. The van der Waals surface area contributed by atoms with E-state index in [1.165, 1.54) is 0 Å². The molecule has 0 heterocycles. The third kappa shape index (κ3) is 9.54. The quantitative estimate of drug-likeness (QED) is 0.633. The van der Waals surface area contributed by atoms with Gasteiger partial charge in [0.15, 0.2) is 3.79 Å². The molecular formula is C7H11Cl5. The smallest absolute Gasteiger partial charge is 0.127 e. The van der Waals surface area contributed by atoms with E-state index in [-0.39, 0.29) is 5.38 Å². The van der Waals surface area contributed by atoms with E-state index >= 15 is 0 Å². The van der Waals surface area contributed by atoms with Crippen LogP contribution >= 0.6 is 58.0 Å². The van der Waals surface area contributed by atoms with E-state index in [1.54, 1.807) is 0 Å². The van der Waals surface area contributed by atoms with Crippen LogP contribution in [-0.2, 0) is 0 Å². The van der Waals surface area contributed by atoms with Crippen molar-refractivity contribution < 1.29 is 0 Å². The molecule has 0 aromatic carbocycles. The lowest BCUT2D eigenvalue weighted by Gasteiger charge is -2.11. The van der Waals surface area contributed by atoms with Crippen LogP contribution in [0.4, 0.5) is 0 Å². The molecule has 0 saturated heterocycles. The standard InChI is InChI=1S/C7H11Cl5/c8-5-3-6(9)2-1-4-7(10,11)12/h6H,1-5H2. The van der Waals surface area contributed by atoms with Gasteiger partial charge in [0.25, 0.3) is 0 Å². The Hall–Kier alpha value is 1.45. The van der Waals surface area contributed by atoms with Gasteiger partial charge in [-0.15, -0.1) is 23.2 Å². The van der Waals surface area contributed by atoms with Crippen molar-refractivity contribution in [1.82, 2.24) is 0 Å². The first-order valence-corrected chi connectivity index (χ1v) is 5.83. The predicted octanol–water partition coefficient (Wildman–Crippen LogP) is 4.76. The van der Waals surface area contributed by atoms with Gasteiger partial charge in [-0.1, -0.05) is 34.8 Å². The maximum Gasteiger partial charge on any atom is 0.190 e.